The smallest absolute Gasteiger partial charge is 0.0626 e. The Morgan fingerprint density at radius 1 is 0.448 bits per heavy atom. The van der Waals surface area contributed by atoms with Crippen LogP contribution in [0.5, 0.6) is 0 Å². The van der Waals surface area contributed by atoms with Crippen LogP contribution in [0, 0.1) is 0 Å². The van der Waals surface area contributed by atoms with Crippen molar-refractivity contribution in [1.82, 2.24) is 4.40 Å². The molecule has 29 heavy (non-hydrogen) atoms. The summed E-state index contributed by atoms with van der Waals surface area (Å²) in [6.07, 6.45) is 0. The molecule has 0 N–H and O–H groups in total. The lowest BCUT2D eigenvalue weighted by molar-refractivity contribution is 1.37. The van der Waals surface area contributed by atoms with Crippen molar-refractivity contribution in [2.24, 2.45) is 0 Å². The van der Waals surface area contributed by atoms with Crippen LogP contribution in [0.4, 0.5) is 0 Å². The van der Waals surface area contributed by atoms with E-state index in [-0.39, 0.29) is 0 Å². The summed E-state index contributed by atoms with van der Waals surface area (Å²) in [7, 11) is 0. The van der Waals surface area contributed by atoms with E-state index in [0.29, 0.717) is 0 Å². The van der Waals surface area contributed by atoms with Crippen molar-refractivity contribution in [2.45, 2.75) is 0 Å². The minimum absolute atomic E-state index is 1.26. The standard InChI is InChI=1S/C28H17N/c1-2-8-18(9-3-1)19-14-15-26-23(16-19)24-17-20-10-4-5-11-21(20)27-22-12-6-7-13-25(22)29(26)28(24)27/h1-17H. The first-order valence-corrected chi connectivity index (χ1v) is 10.1. The summed E-state index contributed by atoms with van der Waals surface area (Å²) in [4.78, 5) is 0. The van der Waals surface area contributed by atoms with Crippen molar-refractivity contribution in [3.63, 3.8) is 0 Å². The fourth-order valence-corrected chi connectivity index (χ4v) is 5.05. The molecule has 1 nitrogen and oxygen atoms in total. The van der Waals surface area contributed by atoms with Gasteiger partial charge in [-0.1, -0.05) is 78.9 Å². The van der Waals surface area contributed by atoms with E-state index in [4.69, 9.17) is 0 Å². The summed E-state index contributed by atoms with van der Waals surface area (Å²) >= 11 is 0. The van der Waals surface area contributed by atoms with Crippen LogP contribution in [-0.2, 0) is 0 Å². The van der Waals surface area contributed by atoms with Crippen molar-refractivity contribution in [2.75, 3.05) is 0 Å². The van der Waals surface area contributed by atoms with E-state index in [1.54, 1.807) is 0 Å². The van der Waals surface area contributed by atoms with Crippen molar-refractivity contribution in [3.05, 3.63) is 103 Å². The highest BCUT2D eigenvalue weighted by Gasteiger charge is 2.19. The first kappa shape index (κ1) is 15.1. The van der Waals surface area contributed by atoms with Gasteiger partial charge >= 0.3 is 0 Å². The Balaban J connectivity index is 1.75. The Labute approximate surface area is 167 Å². The molecular weight excluding hydrogens is 350 g/mol. The zero-order chi connectivity index (χ0) is 18.9. The van der Waals surface area contributed by atoms with Crippen LogP contribution in [0.25, 0.3) is 60.0 Å². The highest BCUT2D eigenvalue weighted by molar-refractivity contribution is 6.31. The molecule has 0 radical (unpaired) electrons. The maximum absolute atomic E-state index is 2.45. The third kappa shape index (κ3) is 1.89. The van der Waals surface area contributed by atoms with Gasteiger partial charge in [0.1, 0.15) is 0 Å². The molecule has 0 atom stereocenters. The first-order chi connectivity index (χ1) is 14.4. The molecule has 0 aliphatic carbocycles. The second kappa shape index (κ2) is 5.36. The highest BCUT2D eigenvalue weighted by Crippen LogP contribution is 2.43. The van der Waals surface area contributed by atoms with E-state index in [1.807, 2.05) is 0 Å². The third-order valence-corrected chi connectivity index (χ3v) is 6.29. The number of hydrogen-bond acceptors (Lipinski definition) is 0. The van der Waals surface area contributed by atoms with Gasteiger partial charge in [-0.25, -0.2) is 0 Å². The van der Waals surface area contributed by atoms with Gasteiger partial charge in [0.25, 0.3) is 0 Å². The molecule has 0 saturated heterocycles. The van der Waals surface area contributed by atoms with Crippen LogP contribution in [-0.4, -0.2) is 4.40 Å². The van der Waals surface area contributed by atoms with Crippen molar-refractivity contribution >= 4 is 48.9 Å². The molecule has 2 aromatic heterocycles. The summed E-state index contributed by atoms with van der Waals surface area (Å²) in [5.74, 6) is 0. The molecule has 134 valence electrons. The maximum atomic E-state index is 2.45. The number of rotatable bonds is 1. The number of hydrogen-bond donors (Lipinski definition) is 0. The minimum Gasteiger partial charge on any atom is -0.308 e. The zero-order valence-corrected chi connectivity index (χ0v) is 15.8. The van der Waals surface area contributed by atoms with E-state index in [9.17, 15) is 0 Å². The SMILES string of the molecule is c1ccc(-c2ccc3c(c2)c2cc4ccccc4c4c5ccccc5n3c24)cc1. The Kier molecular flexibility index (Phi) is 2.80. The van der Waals surface area contributed by atoms with Gasteiger partial charge < -0.3 is 4.40 Å². The van der Waals surface area contributed by atoms with Crippen molar-refractivity contribution in [1.29, 1.82) is 0 Å². The summed E-state index contributed by atoms with van der Waals surface area (Å²) in [5, 5.41) is 7.99. The molecule has 0 amide bonds. The molecule has 0 spiro atoms. The first-order valence-electron chi connectivity index (χ1n) is 10.1. The Morgan fingerprint density at radius 3 is 2.07 bits per heavy atom. The summed E-state index contributed by atoms with van der Waals surface area (Å²) in [6.45, 7) is 0. The van der Waals surface area contributed by atoms with Crippen LogP contribution in [0.1, 0.15) is 0 Å². The molecule has 0 aliphatic rings. The monoisotopic (exact) mass is 367 g/mol. The molecule has 0 bridgehead atoms. The lowest BCUT2D eigenvalue weighted by atomic mass is 9.98. The quantitative estimate of drug-likeness (QED) is 0.280. The Hall–Kier alpha value is -3.84. The molecule has 7 rings (SSSR count). The fraction of sp³-hybridized carbons (Fsp3) is 0. The molecule has 5 aromatic carbocycles. The van der Waals surface area contributed by atoms with E-state index in [2.05, 4.69) is 108 Å². The minimum atomic E-state index is 1.26. The largest absolute Gasteiger partial charge is 0.308 e. The lowest BCUT2D eigenvalue weighted by Gasteiger charge is -2.04. The normalized spacial score (nSPS) is 12.1. The molecule has 1 heteroatoms. The third-order valence-electron chi connectivity index (χ3n) is 6.29. The van der Waals surface area contributed by atoms with Gasteiger partial charge in [-0.3, -0.25) is 0 Å². The number of para-hydroxylation sites is 1. The maximum Gasteiger partial charge on any atom is 0.0626 e. The molecular formula is C28H17N. The fourth-order valence-electron chi connectivity index (χ4n) is 5.05. The van der Waals surface area contributed by atoms with Crippen molar-refractivity contribution < 1.29 is 0 Å². The van der Waals surface area contributed by atoms with Gasteiger partial charge in [-0.2, -0.15) is 0 Å². The summed E-state index contributed by atoms with van der Waals surface area (Å²) < 4.78 is 2.45. The Bertz CT molecular complexity index is 1690. The van der Waals surface area contributed by atoms with Crippen LogP contribution >= 0.6 is 0 Å². The van der Waals surface area contributed by atoms with Crippen LogP contribution in [0.15, 0.2) is 103 Å². The predicted octanol–water partition coefficient (Wildman–Crippen LogP) is 7.66. The summed E-state index contributed by atoms with van der Waals surface area (Å²) in [6, 6.07) is 37.5. The molecule has 2 heterocycles. The van der Waals surface area contributed by atoms with E-state index in [0.717, 1.165) is 0 Å². The van der Waals surface area contributed by atoms with E-state index >= 15 is 0 Å². The van der Waals surface area contributed by atoms with Gasteiger partial charge in [0.2, 0.25) is 0 Å². The van der Waals surface area contributed by atoms with E-state index in [1.165, 1.54) is 60.0 Å². The van der Waals surface area contributed by atoms with Gasteiger partial charge in [0.05, 0.1) is 16.6 Å². The number of aromatic nitrogens is 1. The second-order valence-corrected chi connectivity index (χ2v) is 7.82. The number of benzene rings is 5. The average Bonchev–Trinajstić information content (AvgIpc) is 3.30. The molecule has 0 unspecified atom stereocenters. The highest BCUT2D eigenvalue weighted by atomic mass is 14.9. The lowest BCUT2D eigenvalue weighted by Crippen LogP contribution is -1.81. The average molecular weight is 367 g/mol. The Morgan fingerprint density at radius 2 is 1.17 bits per heavy atom. The molecule has 0 saturated carbocycles. The van der Waals surface area contributed by atoms with Gasteiger partial charge in [0.15, 0.2) is 0 Å². The zero-order valence-electron chi connectivity index (χ0n) is 15.8. The van der Waals surface area contributed by atoms with Crippen LogP contribution in [0.3, 0.4) is 0 Å². The number of fused-ring (bicyclic) bond motifs is 8. The molecule has 0 fully saturated rings. The topological polar surface area (TPSA) is 4.41 Å². The predicted molar refractivity (Wildman–Crippen MR) is 124 cm³/mol. The van der Waals surface area contributed by atoms with Gasteiger partial charge in [-0.05, 0) is 46.2 Å². The number of nitrogens with zero attached hydrogens (tertiary/aromatic N) is 1. The van der Waals surface area contributed by atoms with Crippen molar-refractivity contribution in [3.8, 4) is 11.1 Å². The second-order valence-electron chi connectivity index (χ2n) is 7.82. The van der Waals surface area contributed by atoms with E-state index < -0.39 is 0 Å². The molecule has 7 aromatic rings. The summed E-state index contributed by atoms with van der Waals surface area (Å²) in [5.41, 5.74) is 6.42. The van der Waals surface area contributed by atoms with Crippen LogP contribution < -0.4 is 0 Å². The van der Waals surface area contributed by atoms with Gasteiger partial charge in [0, 0.05) is 21.5 Å². The molecule has 0 aliphatic heterocycles. The van der Waals surface area contributed by atoms with Gasteiger partial charge in [-0.15, -0.1) is 0 Å². The van der Waals surface area contributed by atoms with Crippen LogP contribution in [0.2, 0.25) is 0 Å².